The quantitative estimate of drug-likeness (QED) is 0.798. The summed E-state index contributed by atoms with van der Waals surface area (Å²) in [5.41, 5.74) is 0.939. The van der Waals surface area contributed by atoms with Crippen molar-refractivity contribution in [2.24, 2.45) is 5.92 Å². The first-order chi connectivity index (χ1) is 7.67. The number of hydrogen-bond donors (Lipinski definition) is 0. The minimum atomic E-state index is -0.728. The van der Waals surface area contributed by atoms with E-state index in [0.717, 1.165) is 10.0 Å². The molecule has 0 saturated heterocycles. The van der Waals surface area contributed by atoms with Gasteiger partial charge in [-0.2, -0.15) is 5.26 Å². The summed E-state index contributed by atoms with van der Waals surface area (Å²) in [5, 5.41) is 8.89. The molecular formula is C12H12BrNO2. The van der Waals surface area contributed by atoms with Crippen LogP contribution in [0.5, 0.6) is 0 Å². The average molecular weight is 282 g/mol. The van der Waals surface area contributed by atoms with Crippen LogP contribution in [0.2, 0.25) is 0 Å². The van der Waals surface area contributed by atoms with Crippen LogP contribution in [0.1, 0.15) is 12.5 Å². The molecule has 0 aliphatic carbocycles. The summed E-state index contributed by atoms with van der Waals surface area (Å²) < 4.78 is 5.76. The van der Waals surface area contributed by atoms with Gasteiger partial charge in [0.15, 0.2) is 0 Å². The van der Waals surface area contributed by atoms with E-state index >= 15 is 0 Å². The van der Waals surface area contributed by atoms with Gasteiger partial charge in [0, 0.05) is 4.47 Å². The molecule has 1 aromatic rings. The molecule has 1 rings (SSSR count). The highest BCUT2D eigenvalue weighted by molar-refractivity contribution is 9.10. The van der Waals surface area contributed by atoms with Crippen LogP contribution in [-0.4, -0.2) is 12.6 Å². The molecule has 16 heavy (non-hydrogen) atoms. The maximum absolute atomic E-state index is 11.4. The van der Waals surface area contributed by atoms with Gasteiger partial charge in [0.25, 0.3) is 0 Å². The summed E-state index contributed by atoms with van der Waals surface area (Å²) in [6, 6.07) is 9.51. The summed E-state index contributed by atoms with van der Waals surface area (Å²) in [7, 11) is 0. The summed E-state index contributed by atoms with van der Waals surface area (Å²) in [6.45, 7) is 2.03. The molecule has 0 amide bonds. The first kappa shape index (κ1) is 12.7. The van der Waals surface area contributed by atoms with Gasteiger partial charge < -0.3 is 4.74 Å². The number of benzene rings is 1. The van der Waals surface area contributed by atoms with Crippen molar-refractivity contribution in [3.63, 3.8) is 0 Å². The molecule has 0 bridgehead atoms. The lowest BCUT2D eigenvalue weighted by Crippen LogP contribution is -2.18. The van der Waals surface area contributed by atoms with E-state index in [4.69, 9.17) is 10.00 Å². The van der Waals surface area contributed by atoms with Gasteiger partial charge in [-0.15, -0.1) is 0 Å². The Bertz CT molecular complexity index is 412. The zero-order valence-corrected chi connectivity index (χ0v) is 10.5. The number of ether oxygens (including phenoxy) is 1. The third-order valence-electron chi connectivity index (χ3n) is 2.06. The topological polar surface area (TPSA) is 50.1 Å². The van der Waals surface area contributed by atoms with E-state index in [-0.39, 0.29) is 0 Å². The molecule has 1 aromatic carbocycles. The molecule has 1 unspecified atom stereocenters. The highest BCUT2D eigenvalue weighted by Gasteiger charge is 2.19. The molecule has 84 valence electrons. The van der Waals surface area contributed by atoms with Crippen molar-refractivity contribution in [1.82, 2.24) is 0 Å². The molecule has 0 N–H and O–H groups in total. The molecule has 0 aliphatic rings. The highest BCUT2D eigenvalue weighted by Crippen LogP contribution is 2.15. The summed E-state index contributed by atoms with van der Waals surface area (Å²) >= 11 is 3.34. The van der Waals surface area contributed by atoms with Crippen molar-refractivity contribution in [1.29, 1.82) is 5.26 Å². The van der Waals surface area contributed by atoms with Crippen LogP contribution in [0.15, 0.2) is 28.7 Å². The first-order valence-corrected chi connectivity index (χ1v) is 5.77. The predicted molar refractivity (Wildman–Crippen MR) is 63.6 cm³/mol. The second-order valence-electron chi connectivity index (χ2n) is 3.27. The van der Waals surface area contributed by atoms with Crippen LogP contribution in [0.25, 0.3) is 0 Å². The van der Waals surface area contributed by atoms with E-state index in [9.17, 15) is 4.79 Å². The lowest BCUT2D eigenvalue weighted by molar-refractivity contribution is -0.145. The van der Waals surface area contributed by atoms with E-state index < -0.39 is 11.9 Å². The number of nitriles is 1. The molecule has 0 spiro atoms. The molecular weight excluding hydrogens is 270 g/mol. The van der Waals surface area contributed by atoms with E-state index in [1.54, 1.807) is 6.92 Å². The van der Waals surface area contributed by atoms with E-state index in [1.807, 2.05) is 30.3 Å². The fourth-order valence-corrected chi connectivity index (χ4v) is 1.77. The SMILES string of the molecule is CCOC(=O)C(C#N)Cc1cccc(Br)c1. The number of rotatable bonds is 4. The van der Waals surface area contributed by atoms with Gasteiger partial charge in [0.2, 0.25) is 0 Å². The first-order valence-electron chi connectivity index (χ1n) is 4.98. The van der Waals surface area contributed by atoms with E-state index in [2.05, 4.69) is 15.9 Å². The van der Waals surface area contributed by atoms with Crippen LogP contribution in [0, 0.1) is 17.2 Å². The molecule has 0 radical (unpaired) electrons. The Morgan fingerprint density at radius 3 is 2.94 bits per heavy atom. The normalized spacial score (nSPS) is 11.6. The number of nitrogens with zero attached hydrogens (tertiary/aromatic N) is 1. The zero-order chi connectivity index (χ0) is 12.0. The van der Waals surface area contributed by atoms with E-state index in [1.165, 1.54) is 0 Å². The Kier molecular flexibility index (Phi) is 5.00. The number of hydrogen-bond acceptors (Lipinski definition) is 3. The largest absolute Gasteiger partial charge is 0.465 e. The molecule has 0 heterocycles. The fourth-order valence-electron chi connectivity index (χ4n) is 1.32. The smallest absolute Gasteiger partial charge is 0.323 e. The van der Waals surface area contributed by atoms with Gasteiger partial charge in [-0.1, -0.05) is 28.1 Å². The third-order valence-corrected chi connectivity index (χ3v) is 2.55. The minimum Gasteiger partial charge on any atom is -0.465 e. The molecule has 0 saturated carbocycles. The Morgan fingerprint density at radius 2 is 2.38 bits per heavy atom. The van der Waals surface area contributed by atoms with Crippen LogP contribution in [0.4, 0.5) is 0 Å². The molecule has 1 atom stereocenters. The second kappa shape index (κ2) is 6.29. The lowest BCUT2D eigenvalue weighted by Gasteiger charge is -2.08. The van der Waals surface area contributed by atoms with E-state index in [0.29, 0.717) is 13.0 Å². The predicted octanol–water partition coefficient (Wildman–Crippen LogP) is 2.69. The van der Waals surface area contributed by atoms with Gasteiger partial charge in [0.05, 0.1) is 12.7 Å². The Balaban J connectivity index is 2.71. The van der Waals surface area contributed by atoms with Crippen LogP contribution in [0.3, 0.4) is 0 Å². The van der Waals surface area contributed by atoms with Crippen molar-refractivity contribution < 1.29 is 9.53 Å². The standard InChI is InChI=1S/C12H12BrNO2/c1-2-16-12(15)10(8-14)6-9-4-3-5-11(13)7-9/h3-5,7,10H,2,6H2,1H3. The molecule has 0 aliphatic heterocycles. The minimum absolute atomic E-state index is 0.301. The number of carbonyl (C=O) groups is 1. The van der Waals surface area contributed by atoms with Crippen LogP contribution in [-0.2, 0) is 16.0 Å². The summed E-state index contributed by atoms with van der Waals surface area (Å²) in [6.07, 6.45) is 0.384. The van der Waals surface area contributed by atoms with Crippen molar-refractivity contribution >= 4 is 21.9 Å². The van der Waals surface area contributed by atoms with Crippen LogP contribution >= 0.6 is 15.9 Å². The molecule has 3 nitrogen and oxygen atoms in total. The van der Waals surface area contributed by atoms with Gasteiger partial charge in [-0.3, -0.25) is 4.79 Å². The van der Waals surface area contributed by atoms with Gasteiger partial charge >= 0.3 is 5.97 Å². The summed E-state index contributed by atoms with van der Waals surface area (Å²) in [4.78, 5) is 11.4. The van der Waals surface area contributed by atoms with Crippen molar-refractivity contribution in [2.75, 3.05) is 6.61 Å². The number of carbonyl (C=O) groups excluding carboxylic acids is 1. The lowest BCUT2D eigenvalue weighted by atomic mass is 10.0. The van der Waals surface area contributed by atoms with Crippen molar-refractivity contribution in [3.8, 4) is 6.07 Å². The van der Waals surface area contributed by atoms with Crippen molar-refractivity contribution in [3.05, 3.63) is 34.3 Å². The van der Waals surface area contributed by atoms with Gasteiger partial charge in [0.1, 0.15) is 5.92 Å². The maximum atomic E-state index is 11.4. The highest BCUT2D eigenvalue weighted by atomic mass is 79.9. The fraction of sp³-hybridized carbons (Fsp3) is 0.333. The number of halogens is 1. The molecule has 0 aromatic heterocycles. The zero-order valence-electron chi connectivity index (χ0n) is 8.94. The van der Waals surface area contributed by atoms with Crippen LogP contribution < -0.4 is 0 Å². The molecule has 4 heteroatoms. The average Bonchev–Trinajstić information content (AvgIpc) is 2.26. The Labute approximate surface area is 103 Å². The van der Waals surface area contributed by atoms with Gasteiger partial charge in [-0.05, 0) is 31.0 Å². The van der Waals surface area contributed by atoms with Gasteiger partial charge in [-0.25, -0.2) is 0 Å². The second-order valence-corrected chi connectivity index (χ2v) is 4.18. The maximum Gasteiger partial charge on any atom is 0.323 e. The Morgan fingerprint density at radius 1 is 1.62 bits per heavy atom. The molecule has 0 fully saturated rings. The summed E-state index contributed by atoms with van der Waals surface area (Å²) in [5.74, 6) is -1.18. The van der Waals surface area contributed by atoms with Crippen molar-refractivity contribution in [2.45, 2.75) is 13.3 Å². The number of esters is 1. The monoisotopic (exact) mass is 281 g/mol. The third kappa shape index (κ3) is 3.67. The Hall–Kier alpha value is -1.34.